The van der Waals surface area contributed by atoms with Crippen LogP contribution in [0.4, 0.5) is 16.0 Å². The highest BCUT2D eigenvalue weighted by molar-refractivity contribution is 5.97. The number of aryl methyl sites for hydroxylation is 3. The van der Waals surface area contributed by atoms with E-state index < -0.39 is 0 Å². The van der Waals surface area contributed by atoms with E-state index in [1.54, 1.807) is 13.1 Å². The smallest absolute Gasteiger partial charge is 0.267 e. The zero-order valence-corrected chi connectivity index (χ0v) is 17.5. The fraction of sp³-hybridized carbons (Fsp3) is 0.409. The Hall–Kier alpha value is -2.96. The molecule has 154 valence electrons. The highest BCUT2D eigenvalue weighted by atomic mass is 19.1. The molecule has 1 aliphatic heterocycles. The summed E-state index contributed by atoms with van der Waals surface area (Å²) in [7, 11) is 5.53. The zero-order valence-electron chi connectivity index (χ0n) is 17.5. The van der Waals surface area contributed by atoms with Gasteiger partial charge < -0.3 is 15.5 Å². The van der Waals surface area contributed by atoms with E-state index in [-0.39, 0.29) is 11.7 Å². The van der Waals surface area contributed by atoms with Gasteiger partial charge in [-0.25, -0.2) is 14.4 Å². The third-order valence-electron chi connectivity index (χ3n) is 5.09. The van der Waals surface area contributed by atoms with Crippen molar-refractivity contribution in [2.75, 3.05) is 31.4 Å². The molecule has 1 aromatic carbocycles. The molecule has 0 bridgehead atoms. The van der Waals surface area contributed by atoms with Gasteiger partial charge >= 0.3 is 0 Å². The van der Waals surface area contributed by atoms with Crippen LogP contribution in [-0.4, -0.2) is 37.0 Å². The lowest BCUT2D eigenvalue weighted by Crippen LogP contribution is -2.26. The Morgan fingerprint density at radius 1 is 1.21 bits per heavy atom. The molecule has 0 saturated heterocycles. The number of hydrogen-bond donors (Lipinski definition) is 2. The molecule has 1 aliphatic carbocycles. The fourth-order valence-electron chi connectivity index (χ4n) is 3.51. The molecule has 0 saturated carbocycles. The number of nitrogens with one attached hydrogen (secondary N) is 2. The second-order valence-electron chi connectivity index (χ2n) is 7.53. The molecule has 0 atom stereocenters. The molecule has 4 rings (SSSR count). The Kier molecular flexibility index (Phi) is 6.46. The molecule has 2 aliphatic rings. The number of hydrogen-bond acceptors (Lipinski definition) is 5. The molecule has 6 nitrogen and oxygen atoms in total. The number of aromatic nitrogens is 2. The molecule has 2 aromatic rings. The molecule has 7 heteroatoms. The maximum absolute atomic E-state index is 13.1. The van der Waals surface area contributed by atoms with Crippen LogP contribution in [0.3, 0.4) is 0 Å². The summed E-state index contributed by atoms with van der Waals surface area (Å²) < 4.78 is 13.1. The van der Waals surface area contributed by atoms with Crippen molar-refractivity contribution >= 4 is 17.5 Å². The van der Waals surface area contributed by atoms with Crippen molar-refractivity contribution < 1.29 is 9.18 Å². The molecule has 1 aromatic heterocycles. The summed E-state index contributed by atoms with van der Waals surface area (Å²) in [5.41, 5.74) is 5.64. The summed E-state index contributed by atoms with van der Waals surface area (Å²) in [6, 6.07) is 2.95. The minimum atomic E-state index is -0.241. The van der Waals surface area contributed by atoms with Gasteiger partial charge in [0.05, 0.1) is 0 Å². The number of anilines is 2. The normalized spacial score (nSPS) is 14.3. The molecule has 29 heavy (non-hydrogen) atoms. The molecule has 0 unspecified atom stereocenters. The number of rotatable bonds is 2. The van der Waals surface area contributed by atoms with E-state index in [1.165, 1.54) is 36.2 Å². The van der Waals surface area contributed by atoms with Crippen molar-refractivity contribution in [1.82, 2.24) is 15.3 Å². The van der Waals surface area contributed by atoms with Crippen LogP contribution in [0.15, 0.2) is 30.1 Å². The summed E-state index contributed by atoms with van der Waals surface area (Å²) in [4.78, 5) is 22.2. The third kappa shape index (κ3) is 4.91. The zero-order chi connectivity index (χ0) is 21.0. The Bertz CT molecular complexity index is 939. The molecule has 0 radical (unpaired) electrons. The first-order valence-corrected chi connectivity index (χ1v) is 9.89. The highest BCUT2D eigenvalue weighted by Crippen LogP contribution is 2.28. The molecule has 1 amide bonds. The van der Waals surface area contributed by atoms with Gasteiger partial charge in [-0.3, -0.25) is 4.79 Å². The third-order valence-corrected chi connectivity index (χ3v) is 5.09. The van der Waals surface area contributed by atoms with Gasteiger partial charge in [0.15, 0.2) is 0 Å². The standard InChI is InChI=1S/C12H13FN2O.C10H15N3/c1-7-5-9(13)6-8-3-4-10(12(16)14-2)15-11(7)8;1-13(2)10-11-7-8-5-3-4-6-9(8)12-10/h4-6,15H,3H2,1-2H3,(H,14,16);7H,3-6H2,1-2H3. The number of fused-ring (bicyclic) bond motifs is 2. The summed E-state index contributed by atoms with van der Waals surface area (Å²) in [5.74, 6) is 0.435. The summed E-state index contributed by atoms with van der Waals surface area (Å²) >= 11 is 0. The van der Waals surface area contributed by atoms with Crippen molar-refractivity contribution in [2.45, 2.75) is 39.0 Å². The second-order valence-corrected chi connectivity index (χ2v) is 7.53. The van der Waals surface area contributed by atoms with Crippen LogP contribution in [0.1, 0.15) is 35.2 Å². The predicted octanol–water partition coefficient (Wildman–Crippen LogP) is 3.15. The Labute approximate surface area is 171 Å². The number of benzene rings is 1. The van der Waals surface area contributed by atoms with Gasteiger partial charge in [-0.15, -0.1) is 0 Å². The minimum absolute atomic E-state index is 0.158. The van der Waals surface area contributed by atoms with Crippen LogP contribution in [0, 0.1) is 12.7 Å². The number of carbonyl (C=O) groups is 1. The van der Waals surface area contributed by atoms with Gasteiger partial charge in [0, 0.05) is 38.7 Å². The summed E-state index contributed by atoms with van der Waals surface area (Å²) in [6.07, 6.45) is 9.16. The van der Waals surface area contributed by atoms with Gasteiger partial charge in [-0.2, -0.15) is 0 Å². The maximum atomic E-state index is 13.1. The number of carbonyl (C=O) groups excluding carboxylic acids is 1. The van der Waals surface area contributed by atoms with Crippen LogP contribution in [-0.2, 0) is 24.1 Å². The number of halogens is 1. The van der Waals surface area contributed by atoms with E-state index in [4.69, 9.17) is 0 Å². The number of allylic oxidation sites excluding steroid dienone is 1. The predicted molar refractivity (Wildman–Crippen MR) is 114 cm³/mol. The van der Waals surface area contributed by atoms with E-state index in [0.717, 1.165) is 35.6 Å². The first kappa shape index (κ1) is 20.8. The molecule has 0 spiro atoms. The average molecular weight is 397 g/mol. The Balaban J connectivity index is 0.000000169. The Morgan fingerprint density at radius 2 is 1.97 bits per heavy atom. The lowest BCUT2D eigenvalue weighted by molar-refractivity contribution is -0.116. The molecular weight excluding hydrogens is 369 g/mol. The van der Waals surface area contributed by atoms with Gasteiger partial charge in [-0.1, -0.05) is 6.08 Å². The highest BCUT2D eigenvalue weighted by Gasteiger charge is 2.17. The van der Waals surface area contributed by atoms with Gasteiger partial charge in [-0.05, 0) is 67.9 Å². The number of likely N-dealkylation sites (N-methyl/N-ethyl adjacent to an activating group) is 1. The van der Waals surface area contributed by atoms with Crippen molar-refractivity contribution in [3.05, 3.63) is 58.3 Å². The monoisotopic (exact) mass is 397 g/mol. The second kappa shape index (κ2) is 9.03. The van der Waals surface area contributed by atoms with Crippen molar-refractivity contribution in [2.24, 2.45) is 0 Å². The van der Waals surface area contributed by atoms with Gasteiger partial charge in [0.25, 0.3) is 5.91 Å². The Morgan fingerprint density at radius 3 is 2.69 bits per heavy atom. The van der Waals surface area contributed by atoms with E-state index in [0.29, 0.717) is 12.1 Å². The number of amides is 1. The molecule has 0 fully saturated rings. The van der Waals surface area contributed by atoms with E-state index in [2.05, 4.69) is 20.6 Å². The lowest BCUT2D eigenvalue weighted by Gasteiger charge is -2.20. The van der Waals surface area contributed by atoms with Crippen molar-refractivity contribution in [1.29, 1.82) is 0 Å². The SMILES string of the molecule is CN(C)c1ncc2c(n1)CCCC2.CNC(=O)C1=CCc2cc(F)cc(C)c2N1. The summed E-state index contributed by atoms with van der Waals surface area (Å²) in [6.45, 7) is 1.82. The van der Waals surface area contributed by atoms with Crippen LogP contribution in [0.25, 0.3) is 0 Å². The maximum Gasteiger partial charge on any atom is 0.267 e. The van der Waals surface area contributed by atoms with Gasteiger partial charge in [0.2, 0.25) is 5.95 Å². The van der Waals surface area contributed by atoms with Crippen molar-refractivity contribution in [3.8, 4) is 0 Å². The molecule has 2 heterocycles. The minimum Gasteiger partial charge on any atom is -0.354 e. The van der Waals surface area contributed by atoms with Crippen molar-refractivity contribution in [3.63, 3.8) is 0 Å². The summed E-state index contributed by atoms with van der Waals surface area (Å²) in [5, 5.41) is 5.58. The van der Waals surface area contributed by atoms with Crippen LogP contribution >= 0.6 is 0 Å². The number of nitrogens with zero attached hydrogens (tertiary/aromatic N) is 3. The quantitative estimate of drug-likeness (QED) is 0.815. The van der Waals surface area contributed by atoms with Crippen LogP contribution in [0.2, 0.25) is 0 Å². The molecule has 2 N–H and O–H groups in total. The van der Waals surface area contributed by atoms with E-state index >= 15 is 0 Å². The van der Waals surface area contributed by atoms with Crippen LogP contribution in [0.5, 0.6) is 0 Å². The first-order chi connectivity index (χ1) is 13.9. The fourth-order valence-corrected chi connectivity index (χ4v) is 3.51. The van der Waals surface area contributed by atoms with Crippen LogP contribution < -0.4 is 15.5 Å². The molecular formula is C22H28FN5O. The van der Waals surface area contributed by atoms with E-state index in [9.17, 15) is 9.18 Å². The first-order valence-electron chi connectivity index (χ1n) is 9.89. The topological polar surface area (TPSA) is 70.2 Å². The average Bonchev–Trinajstić information content (AvgIpc) is 2.73. The van der Waals surface area contributed by atoms with E-state index in [1.807, 2.05) is 32.1 Å². The van der Waals surface area contributed by atoms with Gasteiger partial charge in [0.1, 0.15) is 11.5 Å². The largest absolute Gasteiger partial charge is 0.354 e. The lowest BCUT2D eigenvalue weighted by atomic mass is 9.98.